The van der Waals surface area contributed by atoms with Gasteiger partial charge in [-0.1, -0.05) is 23.5 Å². The number of hydrogen-bond acceptors (Lipinski definition) is 4. The van der Waals surface area contributed by atoms with E-state index in [2.05, 4.69) is 10.5 Å². The van der Waals surface area contributed by atoms with Gasteiger partial charge >= 0.3 is 10.9 Å². The van der Waals surface area contributed by atoms with Crippen LogP contribution in [0.4, 0.5) is 4.79 Å². The summed E-state index contributed by atoms with van der Waals surface area (Å²) in [5.41, 5.74) is 8.72. The maximum absolute atomic E-state index is 11.9. The standard InChI is InChI=1S/C12H14N4O2S/c1-8(14-15-11(13)17)6-7-16-9-4-2-3-5-10(9)19-12(16)18/h2-5H,6-7H2,1H3,(H3,13,15,17)/b14-8+. The van der Waals surface area contributed by atoms with Crippen LogP contribution in [0.25, 0.3) is 10.2 Å². The van der Waals surface area contributed by atoms with E-state index in [0.717, 1.165) is 10.2 Å². The Hall–Kier alpha value is -2.15. The van der Waals surface area contributed by atoms with Crippen molar-refractivity contribution in [1.29, 1.82) is 0 Å². The summed E-state index contributed by atoms with van der Waals surface area (Å²) in [6, 6.07) is 6.96. The fraction of sp³-hybridized carbons (Fsp3) is 0.250. The van der Waals surface area contributed by atoms with Crippen molar-refractivity contribution >= 4 is 33.3 Å². The summed E-state index contributed by atoms with van der Waals surface area (Å²) in [6.07, 6.45) is 0.570. The molecule has 1 aromatic heterocycles. The van der Waals surface area contributed by atoms with Gasteiger partial charge in [-0.05, 0) is 19.1 Å². The van der Waals surface area contributed by atoms with Gasteiger partial charge in [-0.3, -0.25) is 9.36 Å². The second kappa shape index (κ2) is 5.66. The monoisotopic (exact) mass is 278 g/mol. The number of hydrogen-bond donors (Lipinski definition) is 2. The molecule has 2 rings (SSSR count). The number of thiazole rings is 1. The van der Waals surface area contributed by atoms with E-state index in [9.17, 15) is 9.59 Å². The molecule has 0 aliphatic heterocycles. The molecule has 0 atom stereocenters. The highest BCUT2D eigenvalue weighted by molar-refractivity contribution is 7.16. The van der Waals surface area contributed by atoms with E-state index in [4.69, 9.17) is 5.73 Å². The summed E-state index contributed by atoms with van der Waals surface area (Å²) in [4.78, 5) is 22.4. The molecule has 0 aliphatic rings. The van der Waals surface area contributed by atoms with Crippen molar-refractivity contribution in [3.8, 4) is 0 Å². The number of carbonyl (C=O) groups excluding carboxylic acids is 1. The van der Waals surface area contributed by atoms with Crippen LogP contribution in [0.15, 0.2) is 34.2 Å². The molecule has 6 nitrogen and oxygen atoms in total. The number of amides is 2. The minimum atomic E-state index is -0.697. The maximum Gasteiger partial charge on any atom is 0.332 e. The Morgan fingerprint density at radius 2 is 2.21 bits per heavy atom. The molecular formula is C12H14N4O2S. The molecule has 0 unspecified atom stereocenters. The number of primary amides is 1. The van der Waals surface area contributed by atoms with Gasteiger partial charge in [0.1, 0.15) is 0 Å². The predicted octanol–water partition coefficient (Wildman–Crippen LogP) is 1.50. The number of nitrogens with zero attached hydrogens (tertiary/aromatic N) is 2. The summed E-state index contributed by atoms with van der Waals surface area (Å²) in [7, 11) is 0. The first kappa shape index (κ1) is 13.3. The van der Waals surface area contributed by atoms with Gasteiger partial charge in [0.2, 0.25) is 0 Å². The third-order valence-electron chi connectivity index (χ3n) is 2.63. The van der Waals surface area contributed by atoms with Gasteiger partial charge in [-0.2, -0.15) is 5.10 Å². The number of benzene rings is 1. The number of nitrogens with one attached hydrogen (secondary N) is 1. The van der Waals surface area contributed by atoms with Gasteiger partial charge in [0.25, 0.3) is 0 Å². The molecule has 0 saturated heterocycles. The number of fused-ring (bicyclic) bond motifs is 1. The smallest absolute Gasteiger partial charge is 0.332 e. The van der Waals surface area contributed by atoms with Gasteiger partial charge in [-0.15, -0.1) is 0 Å². The van der Waals surface area contributed by atoms with Crippen LogP contribution in [-0.2, 0) is 6.54 Å². The second-order valence-electron chi connectivity index (χ2n) is 4.06. The van der Waals surface area contributed by atoms with Crippen molar-refractivity contribution < 1.29 is 4.79 Å². The summed E-state index contributed by atoms with van der Waals surface area (Å²) < 4.78 is 2.68. The van der Waals surface area contributed by atoms with E-state index in [0.29, 0.717) is 18.7 Å². The van der Waals surface area contributed by atoms with Crippen LogP contribution in [0.1, 0.15) is 13.3 Å². The second-order valence-corrected chi connectivity index (χ2v) is 5.05. The Kier molecular flexibility index (Phi) is 3.96. The summed E-state index contributed by atoms with van der Waals surface area (Å²) >= 11 is 1.23. The lowest BCUT2D eigenvalue weighted by molar-refractivity contribution is 0.249. The first-order chi connectivity index (χ1) is 9.08. The lowest BCUT2D eigenvalue weighted by Gasteiger charge is -2.03. The lowest BCUT2D eigenvalue weighted by atomic mass is 10.3. The van der Waals surface area contributed by atoms with E-state index in [1.165, 1.54) is 11.3 Å². The van der Waals surface area contributed by atoms with Gasteiger partial charge in [0, 0.05) is 18.7 Å². The van der Waals surface area contributed by atoms with Gasteiger partial charge in [-0.25, -0.2) is 10.2 Å². The van der Waals surface area contributed by atoms with Crippen LogP contribution >= 0.6 is 11.3 Å². The zero-order chi connectivity index (χ0) is 13.8. The molecular weight excluding hydrogens is 264 g/mol. The average Bonchev–Trinajstić information content (AvgIpc) is 2.69. The highest BCUT2D eigenvalue weighted by Gasteiger charge is 2.06. The molecule has 0 spiro atoms. The molecule has 1 aromatic carbocycles. The van der Waals surface area contributed by atoms with Crippen LogP contribution < -0.4 is 16.0 Å². The lowest BCUT2D eigenvalue weighted by Crippen LogP contribution is -2.25. The van der Waals surface area contributed by atoms with Crippen molar-refractivity contribution in [3.05, 3.63) is 33.9 Å². The Balaban J connectivity index is 2.14. The zero-order valence-corrected chi connectivity index (χ0v) is 11.2. The zero-order valence-electron chi connectivity index (χ0n) is 10.4. The highest BCUT2D eigenvalue weighted by atomic mass is 32.1. The summed E-state index contributed by atoms with van der Waals surface area (Å²) in [5.74, 6) is 0. The molecule has 2 amide bonds. The van der Waals surface area contributed by atoms with Crippen LogP contribution in [0.2, 0.25) is 0 Å². The fourth-order valence-corrected chi connectivity index (χ4v) is 2.62. The number of hydrazone groups is 1. The minimum Gasteiger partial charge on any atom is -0.350 e. The van der Waals surface area contributed by atoms with Crippen molar-refractivity contribution in [2.24, 2.45) is 10.8 Å². The fourth-order valence-electron chi connectivity index (χ4n) is 1.71. The van der Waals surface area contributed by atoms with Crippen LogP contribution in [-0.4, -0.2) is 16.3 Å². The number of para-hydroxylation sites is 1. The molecule has 0 radical (unpaired) electrons. The Morgan fingerprint density at radius 3 is 2.95 bits per heavy atom. The van der Waals surface area contributed by atoms with E-state index in [-0.39, 0.29) is 4.87 Å². The summed E-state index contributed by atoms with van der Waals surface area (Å²) in [6.45, 7) is 2.30. The van der Waals surface area contributed by atoms with Crippen molar-refractivity contribution in [2.75, 3.05) is 0 Å². The Labute approximate surface area is 113 Å². The number of nitrogens with two attached hydrogens (primary N) is 1. The highest BCUT2D eigenvalue weighted by Crippen LogP contribution is 2.16. The average molecular weight is 278 g/mol. The molecule has 3 N–H and O–H groups in total. The third kappa shape index (κ3) is 3.19. The molecule has 19 heavy (non-hydrogen) atoms. The van der Waals surface area contributed by atoms with Gasteiger partial charge < -0.3 is 5.73 Å². The number of carbonyl (C=O) groups is 1. The largest absolute Gasteiger partial charge is 0.350 e. The number of rotatable bonds is 4. The quantitative estimate of drug-likeness (QED) is 0.655. The summed E-state index contributed by atoms with van der Waals surface area (Å²) in [5, 5.41) is 3.81. The molecule has 0 bridgehead atoms. The SMILES string of the molecule is C/C(CCn1c(=O)sc2ccccc21)=N\NC(N)=O. The van der Waals surface area contributed by atoms with E-state index in [1.54, 1.807) is 11.5 Å². The molecule has 0 saturated carbocycles. The van der Waals surface area contributed by atoms with Crippen LogP contribution in [0, 0.1) is 0 Å². The normalized spacial score (nSPS) is 11.7. The first-order valence-corrected chi connectivity index (χ1v) is 6.56. The van der Waals surface area contributed by atoms with Crippen LogP contribution in [0.5, 0.6) is 0 Å². The van der Waals surface area contributed by atoms with Crippen molar-refractivity contribution in [3.63, 3.8) is 0 Å². The number of aromatic nitrogens is 1. The molecule has 100 valence electrons. The predicted molar refractivity (Wildman–Crippen MR) is 76.5 cm³/mol. The number of aryl methyl sites for hydroxylation is 1. The van der Waals surface area contributed by atoms with Crippen molar-refractivity contribution in [1.82, 2.24) is 9.99 Å². The van der Waals surface area contributed by atoms with E-state index < -0.39 is 6.03 Å². The molecule has 1 heterocycles. The molecule has 0 fully saturated rings. The Bertz CT molecular complexity index is 686. The molecule has 7 heteroatoms. The van der Waals surface area contributed by atoms with E-state index in [1.807, 2.05) is 24.3 Å². The molecule has 0 aliphatic carbocycles. The Morgan fingerprint density at radius 1 is 1.47 bits per heavy atom. The number of urea groups is 1. The topological polar surface area (TPSA) is 89.5 Å². The molecule has 2 aromatic rings. The third-order valence-corrected chi connectivity index (χ3v) is 3.59. The van der Waals surface area contributed by atoms with Crippen LogP contribution in [0.3, 0.4) is 0 Å². The minimum absolute atomic E-state index is 0.0110. The van der Waals surface area contributed by atoms with Crippen molar-refractivity contribution in [2.45, 2.75) is 19.9 Å². The van der Waals surface area contributed by atoms with E-state index >= 15 is 0 Å². The van der Waals surface area contributed by atoms with Gasteiger partial charge in [0.15, 0.2) is 0 Å². The first-order valence-electron chi connectivity index (χ1n) is 5.75. The van der Waals surface area contributed by atoms with Gasteiger partial charge in [0.05, 0.1) is 10.2 Å². The maximum atomic E-state index is 11.9.